The quantitative estimate of drug-likeness (QED) is 0.717. The average molecular weight is 353 g/mol. The van der Waals surface area contributed by atoms with Gasteiger partial charge in [-0.15, -0.1) is 0 Å². The molecule has 0 saturated heterocycles. The lowest BCUT2D eigenvalue weighted by Gasteiger charge is -2.31. The molecule has 2 amide bonds. The van der Waals surface area contributed by atoms with E-state index in [-0.39, 0.29) is 24.4 Å². The fourth-order valence-electron chi connectivity index (χ4n) is 2.67. The second-order valence-corrected chi connectivity index (χ2v) is 6.89. The first-order valence-electron chi connectivity index (χ1n) is 8.79. The van der Waals surface area contributed by atoms with E-state index in [1.807, 2.05) is 82.3 Å². The van der Waals surface area contributed by atoms with Crippen LogP contribution in [0.25, 0.3) is 0 Å². The van der Waals surface area contributed by atoms with Crippen molar-refractivity contribution in [2.24, 2.45) is 0 Å². The van der Waals surface area contributed by atoms with Gasteiger partial charge in [0.1, 0.15) is 5.54 Å². The summed E-state index contributed by atoms with van der Waals surface area (Å²) in [6.45, 7) is 7.53. The van der Waals surface area contributed by atoms with Gasteiger partial charge in [-0.25, -0.2) is 0 Å². The molecule has 2 aromatic carbocycles. The van der Waals surface area contributed by atoms with Crippen molar-refractivity contribution in [1.82, 2.24) is 10.6 Å². The third kappa shape index (κ3) is 5.09. The molecule has 0 aliphatic rings. The van der Waals surface area contributed by atoms with Crippen molar-refractivity contribution in [2.75, 3.05) is 11.9 Å². The van der Waals surface area contributed by atoms with Crippen molar-refractivity contribution >= 4 is 17.5 Å². The summed E-state index contributed by atoms with van der Waals surface area (Å²) in [4.78, 5) is 24.8. The first-order chi connectivity index (χ1) is 12.3. The van der Waals surface area contributed by atoms with E-state index in [4.69, 9.17) is 0 Å². The number of amides is 2. The fourth-order valence-corrected chi connectivity index (χ4v) is 2.67. The van der Waals surface area contributed by atoms with E-state index in [2.05, 4.69) is 16.0 Å². The summed E-state index contributed by atoms with van der Waals surface area (Å²) in [5, 5.41) is 8.84. The number of benzene rings is 2. The predicted molar refractivity (Wildman–Crippen MR) is 105 cm³/mol. The molecule has 0 aromatic heterocycles. The molecule has 0 aliphatic carbocycles. The van der Waals surface area contributed by atoms with Crippen molar-refractivity contribution in [3.63, 3.8) is 0 Å². The molecule has 0 aliphatic heterocycles. The van der Waals surface area contributed by atoms with Gasteiger partial charge < -0.3 is 16.0 Å². The van der Waals surface area contributed by atoms with Crippen LogP contribution in [0.3, 0.4) is 0 Å². The molecule has 138 valence electrons. The highest BCUT2D eigenvalue weighted by Gasteiger charge is 2.35. The molecule has 0 heterocycles. The van der Waals surface area contributed by atoms with E-state index in [9.17, 15) is 9.59 Å². The molecule has 5 nitrogen and oxygen atoms in total. The normalized spacial score (nSPS) is 13.0. The second-order valence-electron chi connectivity index (χ2n) is 6.89. The Morgan fingerprint density at radius 3 is 2.19 bits per heavy atom. The fraction of sp³-hybridized carbons (Fsp3) is 0.333. The van der Waals surface area contributed by atoms with E-state index in [0.29, 0.717) is 0 Å². The summed E-state index contributed by atoms with van der Waals surface area (Å²) >= 11 is 0. The van der Waals surface area contributed by atoms with Gasteiger partial charge >= 0.3 is 0 Å². The number of anilines is 1. The van der Waals surface area contributed by atoms with Crippen LogP contribution < -0.4 is 16.0 Å². The average Bonchev–Trinajstić information content (AvgIpc) is 2.61. The Bertz CT molecular complexity index is 742. The van der Waals surface area contributed by atoms with Gasteiger partial charge in [-0.1, -0.05) is 48.0 Å². The Hall–Kier alpha value is -2.82. The number of nitrogens with one attached hydrogen (secondary N) is 3. The summed E-state index contributed by atoms with van der Waals surface area (Å²) < 4.78 is 0. The molecule has 1 atom stereocenters. The van der Waals surface area contributed by atoms with Crippen LogP contribution in [0.2, 0.25) is 0 Å². The topological polar surface area (TPSA) is 70.2 Å². The lowest BCUT2D eigenvalue weighted by Crippen LogP contribution is -2.50. The maximum atomic E-state index is 13.0. The Labute approximate surface area is 155 Å². The van der Waals surface area contributed by atoms with Crippen LogP contribution in [0, 0.1) is 6.92 Å². The molecule has 0 saturated carbocycles. The summed E-state index contributed by atoms with van der Waals surface area (Å²) in [5.74, 6) is -0.470. The van der Waals surface area contributed by atoms with Gasteiger partial charge in [0.2, 0.25) is 11.8 Å². The Morgan fingerprint density at radius 1 is 1.00 bits per heavy atom. The monoisotopic (exact) mass is 353 g/mol. The van der Waals surface area contributed by atoms with Crippen LogP contribution >= 0.6 is 0 Å². The first-order valence-corrected chi connectivity index (χ1v) is 8.79. The molecule has 0 radical (unpaired) electrons. The first kappa shape index (κ1) is 19.5. The number of carbonyl (C=O) groups is 2. The third-order valence-corrected chi connectivity index (χ3v) is 4.11. The van der Waals surface area contributed by atoms with Gasteiger partial charge in [0.05, 0.1) is 6.54 Å². The lowest BCUT2D eigenvalue weighted by atomic mass is 9.90. The van der Waals surface area contributed by atoms with E-state index in [1.165, 1.54) is 0 Å². The van der Waals surface area contributed by atoms with E-state index < -0.39 is 5.54 Å². The van der Waals surface area contributed by atoms with Gasteiger partial charge in [0, 0.05) is 11.7 Å². The largest absolute Gasteiger partial charge is 0.368 e. The van der Waals surface area contributed by atoms with Crippen molar-refractivity contribution in [3.8, 4) is 0 Å². The third-order valence-electron chi connectivity index (χ3n) is 4.11. The Morgan fingerprint density at radius 2 is 1.62 bits per heavy atom. The zero-order chi connectivity index (χ0) is 19.2. The van der Waals surface area contributed by atoms with Gasteiger partial charge in [-0.3, -0.25) is 9.59 Å². The van der Waals surface area contributed by atoms with Crippen molar-refractivity contribution < 1.29 is 9.59 Å². The Kier molecular flexibility index (Phi) is 6.39. The standard InChI is InChI=1S/C21H27N3O2/c1-15(2)23-19(25)14-22-20(26)21(4,17-8-6-5-7-9-17)24-18-12-10-16(3)11-13-18/h5-13,15,24H,14H2,1-4H3,(H,22,26)(H,23,25)/t21-/m1/s1. The summed E-state index contributed by atoms with van der Waals surface area (Å²) in [5.41, 5.74) is 1.80. The van der Waals surface area contributed by atoms with Crippen LogP contribution in [0.1, 0.15) is 31.9 Å². The van der Waals surface area contributed by atoms with Crippen LogP contribution in [-0.2, 0) is 15.1 Å². The maximum absolute atomic E-state index is 13.0. The summed E-state index contributed by atoms with van der Waals surface area (Å²) in [6, 6.07) is 17.4. The van der Waals surface area contributed by atoms with Crippen LogP contribution in [0.5, 0.6) is 0 Å². The number of hydrogen-bond donors (Lipinski definition) is 3. The molecule has 26 heavy (non-hydrogen) atoms. The van der Waals surface area contributed by atoms with E-state index >= 15 is 0 Å². The van der Waals surface area contributed by atoms with E-state index in [1.54, 1.807) is 0 Å². The van der Waals surface area contributed by atoms with Gasteiger partial charge in [-0.05, 0) is 45.4 Å². The van der Waals surface area contributed by atoms with Gasteiger partial charge in [0.15, 0.2) is 0 Å². The minimum absolute atomic E-state index is 0.0330. The highest BCUT2D eigenvalue weighted by Crippen LogP contribution is 2.26. The molecular weight excluding hydrogens is 326 g/mol. The highest BCUT2D eigenvalue weighted by molar-refractivity contribution is 5.93. The summed E-state index contributed by atoms with van der Waals surface area (Å²) in [6.07, 6.45) is 0. The zero-order valence-corrected chi connectivity index (χ0v) is 15.8. The minimum Gasteiger partial charge on any atom is -0.368 e. The van der Waals surface area contributed by atoms with Crippen LogP contribution in [0.4, 0.5) is 5.69 Å². The number of aryl methyl sites for hydroxylation is 1. The van der Waals surface area contributed by atoms with Crippen molar-refractivity contribution in [3.05, 3.63) is 65.7 Å². The van der Waals surface area contributed by atoms with Crippen LogP contribution in [-0.4, -0.2) is 24.4 Å². The van der Waals surface area contributed by atoms with Crippen LogP contribution in [0.15, 0.2) is 54.6 Å². The lowest BCUT2D eigenvalue weighted by molar-refractivity contribution is -0.129. The highest BCUT2D eigenvalue weighted by atomic mass is 16.2. The Balaban J connectivity index is 2.21. The molecule has 0 bridgehead atoms. The minimum atomic E-state index is -1.01. The number of carbonyl (C=O) groups excluding carboxylic acids is 2. The second kappa shape index (κ2) is 8.52. The van der Waals surface area contributed by atoms with E-state index in [0.717, 1.165) is 16.8 Å². The van der Waals surface area contributed by atoms with Crippen molar-refractivity contribution in [2.45, 2.75) is 39.3 Å². The summed E-state index contributed by atoms with van der Waals surface area (Å²) in [7, 11) is 0. The molecule has 5 heteroatoms. The number of hydrogen-bond acceptors (Lipinski definition) is 3. The molecule has 0 fully saturated rings. The smallest absolute Gasteiger partial charge is 0.250 e. The zero-order valence-electron chi connectivity index (χ0n) is 15.8. The molecule has 2 rings (SSSR count). The van der Waals surface area contributed by atoms with Crippen molar-refractivity contribution in [1.29, 1.82) is 0 Å². The molecule has 3 N–H and O–H groups in total. The SMILES string of the molecule is Cc1ccc(N[C@@](C)(C(=O)NCC(=O)NC(C)C)c2ccccc2)cc1. The number of rotatable bonds is 7. The predicted octanol–water partition coefficient (Wildman–Crippen LogP) is 2.96. The van der Waals surface area contributed by atoms with Gasteiger partial charge in [0.25, 0.3) is 0 Å². The van der Waals surface area contributed by atoms with Gasteiger partial charge in [-0.2, -0.15) is 0 Å². The maximum Gasteiger partial charge on any atom is 0.250 e. The molecular formula is C21H27N3O2. The molecule has 0 spiro atoms. The molecule has 2 aromatic rings. The molecule has 0 unspecified atom stereocenters.